The smallest absolute Gasteiger partial charge is 0.306 e. The summed E-state index contributed by atoms with van der Waals surface area (Å²) < 4.78 is 10.2. The fourth-order valence-corrected chi connectivity index (χ4v) is 1.39. The zero-order valence-electron chi connectivity index (χ0n) is 12.7. The predicted molar refractivity (Wildman–Crippen MR) is 74.7 cm³/mol. The van der Waals surface area contributed by atoms with Gasteiger partial charge in [0.05, 0.1) is 19.4 Å². The SMILES string of the molecule is CCCCCCOC(=O)CCC(=O)OC(C)C(C)C. The first kappa shape index (κ1) is 17.9. The van der Waals surface area contributed by atoms with Gasteiger partial charge in [-0.05, 0) is 19.3 Å². The largest absolute Gasteiger partial charge is 0.466 e. The van der Waals surface area contributed by atoms with Crippen molar-refractivity contribution in [2.24, 2.45) is 5.92 Å². The highest BCUT2D eigenvalue weighted by molar-refractivity contribution is 5.77. The van der Waals surface area contributed by atoms with Crippen molar-refractivity contribution in [3.8, 4) is 0 Å². The van der Waals surface area contributed by atoms with E-state index in [1.54, 1.807) is 0 Å². The van der Waals surface area contributed by atoms with E-state index in [9.17, 15) is 9.59 Å². The summed E-state index contributed by atoms with van der Waals surface area (Å²) in [5.41, 5.74) is 0. The average molecular weight is 272 g/mol. The van der Waals surface area contributed by atoms with E-state index in [0.29, 0.717) is 6.61 Å². The molecule has 0 spiro atoms. The van der Waals surface area contributed by atoms with E-state index in [4.69, 9.17) is 9.47 Å². The fourth-order valence-electron chi connectivity index (χ4n) is 1.39. The van der Waals surface area contributed by atoms with Crippen molar-refractivity contribution in [3.63, 3.8) is 0 Å². The normalized spacial score (nSPS) is 12.3. The minimum atomic E-state index is -0.330. The van der Waals surface area contributed by atoms with Crippen LogP contribution in [0.3, 0.4) is 0 Å². The Balaban J connectivity index is 3.58. The van der Waals surface area contributed by atoms with Gasteiger partial charge in [0, 0.05) is 0 Å². The third-order valence-corrected chi connectivity index (χ3v) is 3.05. The molecule has 0 radical (unpaired) electrons. The molecule has 1 atom stereocenters. The first-order chi connectivity index (χ1) is 8.97. The van der Waals surface area contributed by atoms with Crippen LogP contribution in [0.4, 0.5) is 0 Å². The van der Waals surface area contributed by atoms with E-state index >= 15 is 0 Å². The van der Waals surface area contributed by atoms with Gasteiger partial charge in [0.2, 0.25) is 0 Å². The predicted octanol–water partition coefficient (Wildman–Crippen LogP) is 3.48. The van der Waals surface area contributed by atoms with Crippen LogP contribution in [0.2, 0.25) is 0 Å². The third-order valence-electron chi connectivity index (χ3n) is 3.05. The second-order valence-corrected chi connectivity index (χ2v) is 5.22. The number of hydrogen-bond acceptors (Lipinski definition) is 4. The molecular weight excluding hydrogens is 244 g/mol. The van der Waals surface area contributed by atoms with Crippen LogP contribution in [0, 0.1) is 5.92 Å². The van der Waals surface area contributed by atoms with Crippen LogP contribution in [0.1, 0.15) is 66.2 Å². The highest BCUT2D eigenvalue weighted by Crippen LogP contribution is 2.08. The molecule has 0 aliphatic rings. The lowest BCUT2D eigenvalue weighted by Gasteiger charge is -2.16. The maximum absolute atomic E-state index is 11.4. The summed E-state index contributed by atoms with van der Waals surface area (Å²) in [7, 11) is 0. The van der Waals surface area contributed by atoms with Gasteiger partial charge in [-0.3, -0.25) is 9.59 Å². The van der Waals surface area contributed by atoms with Gasteiger partial charge < -0.3 is 9.47 Å². The van der Waals surface area contributed by atoms with Crippen LogP contribution in [0.5, 0.6) is 0 Å². The van der Waals surface area contributed by atoms with Crippen molar-refractivity contribution < 1.29 is 19.1 Å². The second-order valence-electron chi connectivity index (χ2n) is 5.22. The van der Waals surface area contributed by atoms with Crippen LogP contribution in [-0.2, 0) is 19.1 Å². The maximum atomic E-state index is 11.4. The van der Waals surface area contributed by atoms with Gasteiger partial charge in [0.15, 0.2) is 0 Å². The van der Waals surface area contributed by atoms with Gasteiger partial charge in [-0.15, -0.1) is 0 Å². The summed E-state index contributed by atoms with van der Waals surface area (Å²) in [5, 5.41) is 0. The van der Waals surface area contributed by atoms with Crippen LogP contribution < -0.4 is 0 Å². The molecule has 0 N–H and O–H groups in total. The molecule has 0 saturated heterocycles. The Kier molecular flexibility index (Phi) is 10.2. The lowest BCUT2D eigenvalue weighted by atomic mass is 10.1. The fraction of sp³-hybridized carbons (Fsp3) is 0.867. The summed E-state index contributed by atoms with van der Waals surface area (Å²) >= 11 is 0. The van der Waals surface area contributed by atoms with Crippen LogP contribution in [0.25, 0.3) is 0 Å². The van der Waals surface area contributed by atoms with Gasteiger partial charge in [0.1, 0.15) is 6.10 Å². The Hall–Kier alpha value is -1.06. The second kappa shape index (κ2) is 10.8. The first-order valence-electron chi connectivity index (χ1n) is 7.32. The zero-order chi connectivity index (χ0) is 14.7. The number of carbonyl (C=O) groups is 2. The lowest BCUT2D eigenvalue weighted by Crippen LogP contribution is -2.20. The Morgan fingerprint density at radius 3 is 2.16 bits per heavy atom. The van der Waals surface area contributed by atoms with Gasteiger partial charge >= 0.3 is 11.9 Å². The number of hydrogen-bond donors (Lipinski definition) is 0. The molecule has 0 aliphatic heterocycles. The standard InChI is InChI=1S/C15H28O4/c1-5-6-7-8-11-18-14(16)9-10-15(17)19-13(4)12(2)3/h12-13H,5-11H2,1-4H3. The molecule has 19 heavy (non-hydrogen) atoms. The number of unbranched alkanes of at least 4 members (excludes halogenated alkanes) is 3. The summed E-state index contributed by atoms with van der Waals surface area (Å²) in [4.78, 5) is 22.8. The third kappa shape index (κ3) is 10.5. The molecule has 0 heterocycles. The molecule has 0 rings (SSSR count). The van der Waals surface area contributed by atoms with E-state index in [2.05, 4.69) is 6.92 Å². The maximum Gasteiger partial charge on any atom is 0.306 e. The van der Waals surface area contributed by atoms with Crippen molar-refractivity contribution in [2.45, 2.75) is 72.3 Å². The van der Waals surface area contributed by atoms with Gasteiger partial charge in [-0.2, -0.15) is 0 Å². The van der Waals surface area contributed by atoms with E-state index < -0.39 is 0 Å². The van der Waals surface area contributed by atoms with Gasteiger partial charge in [-0.25, -0.2) is 0 Å². The van der Waals surface area contributed by atoms with E-state index in [-0.39, 0.29) is 36.8 Å². The van der Waals surface area contributed by atoms with Gasteiger partial charge in [-0.1, -0.05) is 40.0 Å². The number of esters is 2. The van der Waals surface area contributed by atoms with E-state index in [0.717, 1.165) is 25.7 Å². The minimum Gasteiger partial charge on any atom is -0.466 e. The molecule has 0 saturated carbocycles. The van der Waals surface area contributed by atoms with Crippen molar-refractivity contribution in [1.82, 2.24) is 0 Å². The molecule has 0 amide bonds. The van der Waals surface area contributed by atoms with E-state index in [1.165, 1.54) is 0 Å². The summed E-state index contributed by atoms with van der Waals surface area (Å²) in [5.74, 6) is -0.357. The highest BCUT2D eigenvalue weighted by Gasteiger charge is 2.14. The average Bonchev–Trinajstić information content (AvgIpc) is 2.36. The summed E-state index contributed by atoms with van der Waals surface area (Å²) in [6.45, 7) is 8.42. The minimum absolute atomic E-state index is 0.102. The Labute approximate surface area is 116 Å². The number of rotatable bonds is 10. The summed E-state index contributed by atoms with van der Waals surface area (Å²) in [6.07, 6.45) is 4.40. The Morgan fingerprint density at radius 1 is 0.947 bits per heavy atom. The molecule has 0 bridgehead atoms. The van der Waals surface area contributed by atoms with Crippen LogP contribution in [0.15, 0.2) is 0 Å². The molecule has 112 valence electrons. The van der Waals surface area contributed by atoms with Crippen molar-refractivity contribution in [2.75, 3.05) is 6.61 Å². The Bertz CT molecular complexity index is 261. The van der Waals surface area contributed by atoms with Crippen LogP contribution >= 0.6 is 0 Å². The first-order valence-corrected chi connectivity index (χ1v) is 7.32. The summed E-state index contributed by atoms with van der Waals surface area (Å²) in [6, 6.07) is 0. The monoisotopic (exact) mass is 272 g/mol. The molecule has 4 heteroatoms. The number of ether oxygens (including phenoxy) is 2. The molecule has 0 aromatic heterocycles. The molecule has 0 aromatic rings. The molecule has 0 fully saturated rings. The topological polar surface area (TPSA) is 52.6 Å². The zero-order valence-corrected chi connectivity index (χ0v) is 12.7. The lowest BCUT2D eigenvalue weighted by molar-refractivity contribution is -0.154. The highest BCUT2D eigenvalue weighted by atomic mass is 16.5. The Morgan fingerprint density at radius 2 is 1.58 bits per heavy atom. The molecular formula is C15H28O4. The molecule has 0 aliphatic carbocycles. The van der Waals surface area contributed by atoms with Crippen molar-refractivity contribution in [3.05, 3.63) is 0 Å². The molecule has 4 nitrogen and oxygen atoms in total. The quantitative estimate of drug-likeness (QED) is 0.451. The van der Waals surface area contributed by atoms with E-state index in [1.807, 2.05) is 20.8 Å². The van der Waals surface area contributed by atoms with Crippen molar-refractivity contribution in [1.29, 1.82) is 0 Å². The molecule has 0 aromatic carbocycles. The van der Waals surface area contributed by atoms with Crippen molar-refractivity contribution >= 4 is 11.9 Å². The van der Waals surface area contributed by atoms with Gasteiger partial charge in [0.25, 0.3) is 0 Å². The molecule has 1 unspecified atom stereocenters. The number of carbonyl (C=O) groups excluding carboxylic acids is 2. The van der Waals surface area contributed by atoms with Crippen LogP contribution in [-0.4, -0.2) is 24.6 Å².